The Balaban J connectivity index is 1.48. The van der Waals surface area contributed by atoms with Crippen molar-refractivity contribution in [3.63, 3.8) is 0 Å². The molecule has 2 aromatic carbocycles. The number of nitrogens with zero attached hydrogens (tertiary/aromatic N) is 5. The summed E-state index contributed by atoms with van der Waals surface area (Å²) in [6, 6.07) is 10.0. The zero-order valence-corrected chi connectivity index (χ0v) is 26.6. The number of oxime groups is 1. The first-order valence-electron chi connectivity index (χ1n) is 13.8. The Morgan fingerprint density at radius 1 is 1.05 bits per heavy atom. The number of carbonyl (C=O) groups is 2. The van der Waals surface area contributed by atoms with E-state index in [0.717, 1.165) is 49.5 Å². The number of rotatable bonds is 10. The molecule has 3 amide bonds. The number of halogens is 4. The van der Waals surface area contributed by atoms with Gasteiger partial charge in [0.2, 0.25) is 0 Å². The van der Waals surface area contributed by atoms with Gasteiger partial charge < -0.3 is 19.5 Å². The molecule has 2 aromatic rings. The van der Waals surface area contributed by atoms with Gasteiger partial charge >= 0.3 is 6.03 Å². The molecular weight excluding hydrogens is 624 g/mol. The van der Waals surface area contributed by atoms with Gasteiger partial charge in [0.05, 0.1) is 28.8 Å². The summed E-state index contributed by atoms with van der Waals surface area (Å²) < 4.78 is 0. The third-order valence-electron chi connectivity index (χ3n) is 7.78. The molecule has 42 heavy (non-hydrogen) atoms. The lowest BCUT2D eigenvalue weighted by Gasteiger charge is -2.41. The van der Waals surface area contributed by atoms with Crippen molar-refractivity contribution < 1.29 is 19.6 Å². The molecule has 2 aliphatic heterocycles. The summed E-state index contributed by atoms with van der Waals surface area (Å²) >= 11 is 24.9. The Labute approximate surface area is 266 Å². The van der Waals surface area contributed by atoms with Crippen LogP contribution in [0.15, 0.2) is 41.6 Å². The third kappa shape index (κ3) is 8.21. The maximum atomic E-state index is 13.3. The minimum Gasteiger partial charge on any atom is -0.399 e. The van der Waals surface area contributed by atoms with Crippen LogP contribution in [0.25, 0.3) is 0 Å². The second kappa shape index (κ2) is 14.9. The minimum absolute atomic E-state index is 0.111. The summed E-state index contributed by atoms with van der Waals surface area (Å²) in [5, 5.41) is 16.7. The molecule has 0 aromatic heterocycles. The van der Waals surface area contributed by atoms with Crippen LogP contribution in [-0.2, 0) is 4.84 Å². The van der Waals surface area contributed by atoms with Crippen LogP contribution in [0.1, 0.15) is 47.5 Å². The van der Waals surface area contributed by atoms with Gasteiger partial charge in [-0.05, 0) is 68.1 Å². The quantitative estimate of drug-likeness (QED) is 0.178. The fraction of sp³-hybridized carbons (Fsp3) is 0.483. The molecule has 2 heterocycles. The summed E-state index contributed by atoms with van der Waals surface area (Å²) in [7, 11) is 3.17. The molecule has 0 radical (unpaired) electrons. The van der Waals surface area contributed by atoms with Crippen molar-refractivity contribution in [2.45, 2.75) is 37.6 Å². The number of piperidine rings is 1. The van der Waals surface area contributed by atoms with Crippen molar-refractivity contribution in [3.05, 3.63) is 67.6 Å². The lowest BCUT2D eigenvalue weighted by Crippen LogP contribution is -2.54. The Morgan fingerprint density at radius 3 is 2.38 bits per heavy atom. The normalized spacial score (nSPS) is 17.9. The van der Waals surface area contributed by atoms with E-state index in [-0.39, 0.29) is 30.4 Å². The number of hydroxylamine groups is 2. The van der Waals surface area contributed by atoms with Crippen LogP contribution < -0.4 is 0 Å². The molecule has 0 bridgehead atoms. The first-order valence-corrected chi connectivity index (χ1v) is 15.3. The van der Waals surface area contributed by atoms with Crippen molar-refractivity contribution in [1.82, 2.24) is 19.8 Å². The third-order valence-corrected chi connectivity index (χ3v) is 8.95. The molecule has 0 aliphatic carbocycles. The fourth-order valence-corrected chi connectivity index (χ4v) is 6.46. The van der Waals surface area contributed by atoms with Gasteiger partial charge in [0.15, 0.2) is 0 Å². The van der Waals surface area contributed by atoms with Gasteiger partial charge in [0.25, 0.3) is 5.91 Å². The molecule has 13 heteroatoms. The van der Waals surface area contributed by atoms with Gasteiger partial charge in [-0.25, -0.2) is 9.86 Å². The number of hydrogen-bond donors (Lipinski definition) is 1. The number of likely N-dealkylation sites (tertiary alicyclic amines) is 1. The SMILES string of the molecule is CO/N=C(\CN(C)C(=O)c1cc(Cl)cc(Cl)c1)C(CCN1CCC(N2CCCN(O)C2=O)CC1)c1ccc(Cl)c(Cl)c1. The maximum Gasteiger partial charge on any atom is 0.343 e. The van der Waals surface area contributed by atoms with E-state index in [0.29, 0.717) is 50.9 Å². The molecule has 1 atom stereocenters. The second-order valence-electron chi connectivity index (χ2n) is 10.6. The highest BCUT2D eigenvalue weighted by Crippen LogP contribution is 2.31. The van der Waals surface area contributed by atoms with Gasteiger partial charge in [-0.15, -0.1) is 0 Å². The fourth-order valence-electron chi connectivity index (χ4n) is 5.62. The lowest BCUT2D eigenvalue weighted by atomic mass is 9.89. The van der Waals surface area contributed by atoms with Crippen LogP contribution in [0, 0.1) is 0 Å². The molecule has 2 saturated heterocycles. The molecule has 1 unspecified atom stereocenters. The molecule has 4 rings (SSSR count). The van der Waals surface area contributed by atoms with Crippen molar-refractivity contribution >= 4 is 64.1 Å². The smallest absolute Gasteiger partial charge is 0.343 e. The predicted octanol–water partition coefficient (Wildman–Crippen LogP) is 6.53. The Bertz CT molecular complexity index is 1280. The summed E-state index contributed by atoms with van der Waals surface area (Å²) in [6.45, 7) is 3.63. The zero-order chi connectivity index (χ0) is 30.4. The van der Waals surface area contributed by atoms with E-state index >= 15 is 0 Å². The number of urea groups is 1. The number of benzene rings is 2. The molecule has 0 saturated carbocycles. The van der Waals surface area contributed by atoms with E-state index in [4.69, 9.17) is 51.2 Å². The predicted molar refractivity (Wildman–Crippen MR) is 166 cm³/mol. The van der Waals surface area contributed by atoms with E-state index in [1.165, 1.54) is 7.11 Å². The van der Waals surface area contributed by atoms with Crippen LogP contribution in [-0.4, -0.2) is 102 Å². The van der Waals surface area contributed by atoms with Crippen molar-refractivity contribution in [1.29, 1.82) is 0 Å². The van der Waals surface area contributed by atoms with E-state index < -0.39 is 0 Å². The van der Waals surface area contributed by atoms with Crippen molar-refractivity contribution in [3.8, 4) is 0 Å². The minimum atomic E-state index is -0.307. The summed E-state index contributed by atoms with van der Waals surface area (Å²) in [4.78, 5) is 36.7. The first-order chi connectivity index (χ1) is 20.1. The molecule has 1 N–H and O–H groups in total. The standard InChI is InChI=1S/C29H35Cl4N5O4/c1-35(28(39)20-14-21(30)17-22(31)15-20)18-27(34-42-2)24(19-4-5-25(32)26(33)16-19)8-13-36-11-6-23(7-12-36)37-9-3-10-38(41)29(37)40/h4-5,14-17,23-24,41H,3,6-13,18H2,1-2H3/b34-27+. The highest BCUT2D eigenvalue weighted by Gasteiger charge is 2.33. The number of carbonyl (C=O) groups excluding carboxylic acids is 2. The van der Waals surface area contributed by atoms with Crippen LogP contribution in [0.4, 0.5) is 4.79 Å². The largest absolute Gasteiger partial charge is 0.399 e. The Kier molecular flexibility index (Phi) is 11.6. The summed E-state index contributed by atoms with van der Waals surface area (Å²) in [6.07, 6.45) is 3.10. The van der Waals surface area contributed by atoms with Gasteiger partial charge in [0, 0.05) is 54.3 Å². The molecule has 2 fully saturated rings. The van der Waals surface area contributed by atoms with Crippen molar-refractivity contribution in [2.24, 2.45) is 5.16 Å². The Hall–Kier alpha value is -2.27. The van der Waals surface area contributed by atoms with Gasteiger partial charge in [-0.2, -0.15) is 0 Å². The van der Waals surface area contributed by atoms with Crippen LogP contribution in [0.3, 0.4) is 0 Å². The van der Waals surface area contributed by atoms with Crippen molar-refractivity contribution in [2.75, 3.05) is 53.4 Å². The van der Waals surface area contributed by atoms with E-state index in [1.807, 2.05) is 12.1 Å². The van der Waals surface area contributed by atoms with E-state index in [9.17, 15) is 14.8 Å². The number of hydrogen-bond acceptors (Lipinski definition) is 6. The molecule has 0 spiro atoms. The lowest BCUT2D eigenvalue weighted by molar-refractivity contribution is -0.0794. The van der Waals surface area contributed by atoms with Crippen LogP contribution >= 0.6 is 46.4 Å². The Morgan fingerprint density at radius 2 is 1.74 bits per heavy atom. The zero-order valence-electron chi connectivity index (χ0n) is 23.6. The first kappa shape index (κ1) is 32.6. The van der Waals surface area contributed by atoms with Crippen LogP contribution in [0.2, 0.25) is 20.1 Å². The summed E-state index contributed by atoms with van der Waals surface area (Å²) in [5.74, 6) is -0.478. The highest BCUT2D eigenvalue weighted by atomic mass is 35.5. The monoisotopic (exact) mass is 657 g/mol. The van der Waals surface area contributed by atoms with E-state index in [1.54, 1.807) is 41.1 Å². The highest BCUT2D eigenvalue weighted by molar-refractivity contribution is 6.42. The summed E-state index contributed by atoms with van der Waals surface area (Å²) in [5.41, 5.74) is 1.93. The second-order valence-corrected chi connectivity index (χ2v) is 12.3. The van der Waals surface area contributed by atoms with E-state index in [2.05, 4.69) is 10.1 Å². The van der Waals surface area contributed by atoms with Gasteiger partial charge in [-0.3, -0.25) is 10.0 Å². The molecular formula is C29H35Cl4N5O4. The average molecular weight is 659 g/mol. The molecule has 2 aliphatic rings. The molecule has 228 valence electrons. The maximum absolute atomic E-state index is 13.3. The van der Waals surface area contributed by atoms with Gasteiger partial charge in [0.1, 0.15) is 7.11 Å². The topological polar surface area (TPSA) is 88.9 Å². The number of amides is 3. The van der Waals surface area contributed by atoms with Gasteiger partial charge in [-0.1, -0.05) is 57.6 Å². The van der Waals surface area contributed by atoms with Crippen LogP contribution in [0.5, 0.6) is 0 Å². The average Bonchev–Trinajstić information content (AvgIpc) is 2.96. The molecule has 9 nitrogen and oxygen atoms in total.